The van der Waals surface area contributed by atoms with Crippen LogP contribution in [0.2, 0.25) is 0 Å². The number of carbonyl (C=O) groups is 1. The van der Waals surface area contributed by atoms with E-state index in [2.05, 4.69) is 37.2 Å². The SMILES string of the molecule is Cc1c(Br)ccc(NC(=O)Cn2ccc3cc(Br)ccc32)c1C. The van der Waals surface area contributed by atoms with Gasteiger partial charge in [0, 0.05) is 31.7 Å². The van der Waals surface area contributed by atoms with Crippen LogP contribution in [-0.4, -0.2) is 10.5 Å². The molecule has 0 aliphatic rings. The molecule has 3 aromatic rings. The lowest BCUT2D eigenvalue weighted by molar-refractivity contribution is -0.116. The summed E-state index contributed by atoms with van der Waals surface area (Å²) >= 11 is 6.97. The molecule has 0 atom stereocenters. The third-order valence-electron chi connectivity index (χ3n) is 4.04. The highest BCUT2D eigenvalue weighted by molar-refractivity contribution is 9.10. The fourth-order valence-electron chi connectivity index (χ4n) is 2.58. The van der Waals surface area contributed by atoms with E-state index in [1.165, 1.54) is 0 Å². The van der Waals surface area contributed by atoms with Crippen LogP contribution < -0.4 is 5.32 Å². The predicted molar refractivity (Wildman–Crippen MR) is 102 cm³/mol. The van der Waals surface area contributed by atoms with Gasteiger partial charge < -0.3 is 9.88 Å². The first-order valence-corrected chi connectivity index (χ1v) is 8.84. The van der Waals surface area contributed by atoms with Crippen molar-refractivity contribution >= 4 is 54.4 Å². The molecule has 0 radical (unpaired) electrons. The fraction of sp³-hybridized carbons (Fsp3) is 0.167. The Balaban J connectivity index is 1.80. The van der Waals surface area contributed by atoms with Crippen LogP contribution in [0.3, 0.4) is 0 Å². The topological polar surface area (TPSA) is 34.0 Å². The average molecular weight is 436 g/mol. The molecule has 0 bridgehead atoms. The van der Waals surface area contributed by atoms with Crippen LogP contribution in [0.4, 0.5) is 5.69 Å². The van der Waals surface area contributed by atoms with E-state index in [1.54, 1.807) is 0 Å². The first kappa shape index (κ1) is 16.3. The fourth-order valence-corrected chi connectivity index (χ4v) is 3.38. The van der Waals surface area contributed by atoms with Crippen molar-refractivity contribution in [2.45, 2.75) is 20.4 Å². The predicted octanol–water partition coefficient (Wildman–Crippen LogP) is 5.42. The maximum atomic E-state index is 12.4. The highest BCUT2D eigenvalue weighted by atomic mass is 79.9. The van der Waals surface area contributed by atoms with Gasteiger partial charge in [-0.25, -0.2) is 0 Å². The molecule has 0 aliphatic heterocycles. The summed E-state index contributed by atoms with van der Waals surface area (Å²) in [6.07, 6.45) is 1.94. The molecule has 1 amide bonds. The van der Waals surface area contributed by atoms with Gasteiger partial charge in [-0.3, -0.25) is 4.79 Å². The zero-order chi connectivity index (χ0) is 16.6. The van der Waals surface area contributed by atoms with E-state index < -0.39 is 0 Å². The van der Waals surface area contributed by atoms with Crippen LogP contribution >= 0.6 is 31.9 Å². The van der Waals surface area contributed by atoms with Gasteiger partial charge in [-0.2, -0.15) is 0 Å². The summed E-state index contributed by atoms with van der Waals surface area (Å²) in [6, 6.07) is 11.9. The molecule has 1 N–H and O–H groups in total. The summed E-state index contributed by atoms with van der Waals surface area (Å²) < 4.78 is 4.04. The molecular weight excluding hydrogens is 420 g/mol. The quantitative estimate of drug-likeness (QED) is 0.585. The third kappa shape index (κ3) is 3.35. The van der Waals surface area contributed by atoms with Crippen molar-refractivity contribution in [3.8, 4) is 0 Å². The number of anilines is 1. The number of nitrogens with zero attached hydrogens (tertiary/aromatic N) is 1. The van der Waals surface area contributed by atoms with Gasteiger partial charge in [0.2, 0.25) is 5.91 Å². The molecule has 0 unspecified atom stereocenters. The maximum Gasteiger partial charge on any atom is 0.244 e. The maximum absolute atomic E-state index is 12.4. The Morgan fingerprint density at radius 1 is 1.09 bits per heavy atom. The van der Waals surface area contributed by atoms with Crippen LogP contribution in [0.25, 0.3) is 10.9 Å². The number of amides is 1. The van der Waals surface area contributed by atoms with E-state index in [4.69, 9.17) is 0 Å². The van der Waals surface area contributed by atoms with Crippen molar-refractivity contribution in [1.29, 1.82) is 0 Å². The molecule has 3 nitrogen and oxygen atoms in total. The van der Waals surface area contributed by atoms with Crippen LogP contribution in [0.1, 0.15) is 11.1 Å². The Hall–Kier alpha value is -1.59. The second-order valence-electron chi connectivity index (χ2n) is 5.54. The summed E-state index contributed by atoms with van der Waals surface area (Å²) in [7, 11) is 0. The molecular formula is C18H16Br2N2O. The van der Waals surface area contributed by atoms with Crippen molar-refractivity contribution in [3.63, 3.8) is 0 Å². The Kier molecular flexibility index (Phi) is 4.60. The highest BCUT2D eigenvalue weighted by Crippen LogP contribution is 2.26. The van der Waals surface area contributed by atoms with Gasteiger partial charge in [0.1, 0.15) is 6.54 Å². The summed E-state index contributed by atoms with van der Waals surface area (Å²) in [5, 5.41) is 4.12. The average Bonchev–Trinajstić information content (AvgIpc) is 2.90. The van der Waals surface area contributed by atoms with E-state index in [0.29, 0.717) is 6.54 Å². The number of aromatic nitrogens is 1. The Labute approximate surface area is 151 Å². The minimum Gasteiger partial charge on any atom is -0.338 e. The first-order chi connectivity index (χ1) is 11.0. The zero-order valence-corrected chi connectivity index (χ0v) is 16.0. The number of carbonyl (C=O) groups excluding carboxylic acids is 1. The van der Waals surface area contributed by atoms with Gasteiger partial charge in [-0.15, -0.1) is 0 Å². The van der Waals surface area contributed by atoms with Gasteiger partial charge in [0.15, 0.2) is 0 Å². The smallest absolute Gasteiger partial charge is 0.244 e. The number of fused-ring (bicyclic) bond motifs is 1. The Bertz CT molecular complexity index is 899. The molecule has 0 spiro atoms. The van der Waals surface area contributed by atoms with Crippen LogP contribution in [-0.2, 0) is 11.3 Å². The largest absolute Gasteiger partial charge is 0.338 e. The normalized spacial score (nSPS) is 11.0. The molecule has 2 aromatic carbocycles. The van der Waals surface area contributed by atoms with E-state index in [1.807, 2.05) is 61.0 Å². The van der Waals surface area contributed by atoms with Crippen molar-refractivity contribution < 1.29 is 4.79 Å². The van der Waals surface area contributed by atoms with Crippen molar-refractivity contribution in [1.82, 2.24) is 4.57 Å². The molecule has 3 rings (SSSR count). The van der Waals surface area contributed by atoms with Crippen molar-refractivity contribution in [2.75, 3.05) is 5.32 Å². The second kappa shape index (κ2) is 6.49. The molecule has 1 aromatic heterocycles. The zero-order valence-electron chi connectivity index (χ0n) is 12.9. The van der Waals surface area contributed by atoms with Crippen molar-refractivity contribution in [2.24, 2.45) is 0 Å². The van der Waals surface area contributed by atoms with E-state index >= 15 is 0 Å². The van der Waals surface area contributed by atoms with E-state index in [-0.39, 0.29) is 5.91 Å². The summed E-state index contributed by atoms with van der Waals surface area (Å²) in [5.74, 6) is -0.0322. The third-order valence-corrected chi connectivity index (χ3v) is 5.39. The first-order valence-electron chi connectivity index (χ1n) is 7.25. The number of hydrogen-bond acceptors (Lipinski definition) is 1. The lowest BCUT2D eigenvalue weighted by atomic mass is 10.1. The molecule has 118 valence electrons. The molecule has 0 fully saturated rings. The number of halogens is 2. The van der Waals surface area contributed by atoms with Crippen LogP contribution in [0.15, 0.2) is 51.5 Å². The second-order valence-corrected chi connectivity index (χ2v) is 7.31. The van der Waals surface area contributed by atoms with Crippen LogP contribution in [0, 0.1) is 13.8 Å². The van der Waals surface area contributed by atoms with Gasteiger partial charge >= 0.3 is 0 Å². The number of nitrogens with one attached hydrogen (secondary N) is 1. The minimum absolute atomic E-state index is 0.0322. The van der Waals surface area contributed by atoms with Gasteiger partial charge in [-0.05, 0) is 61.4 Å². The lowest BCUT2D eigenvalue weighted by Crippen LogP contribution is -2.19. The van der Waals surface area contributed by atoms with E-state index in [9.17, 15) is 4.79 Å². The van der Waals surface area contributed by atoms with Crippen molar-refractivity contribution in [3.05, 3.63) is 62.7 Å². The molecule has 23 heavy (non-hydrogen) atoms. The summed E-state index contributed by atoms with van der Waals surface area (Å²) in [5.41, 5.74) is 4.12. The Morgan fingerprint density at radius 2 is 1.87 bits per heavy atom. The lowest BCUT2D eigenvalue weighted by Gasteiger charge is -2.12. The molecule has 1 heterocycles. The van der Waals surface area contributed by atoms with Gasteiger partial charge in [0.05, 0.1) is 0 Å². The van der Waals surface area contributed by atoms with E-state index in [0.717, 1.165) is 36.7 Å². The highest BCUT2D eigenvalue weighted by Gasteiger charge is 2.10. The van der Waals surface area contributed by atoms with Gasteiger partial charge in [0.25, 0.3) is 0 Å². The molecule has 0 saturated heterocycles. The summed E-state index contributed by atoms with van der Waals surface area (Å²) in [6.45, 7) is 4.34. The molecule has 0 saturated carbocycles. The van der Waals surface area contributed by atoms with Crippen LogP contribution in [0.5, 0.6) is 0 Å². The number of rotatable bonds is 3. The Morgan fingerprint density at radius 3 is 2.65 bits per heavy atom. The molecule has 5 heteroatoms. The standard InChI is InChI=1S/C18H16Br2N2O/c1-11-12(2)16(5-4-15(11)20)21-18(23)10-22-8-7-13-9-14(19)3-6-17(13)22/h3-9H,10H2,1-2H3,(H,21,23). The monoisotopic (exact) mass is 434 g/mol. The number of benzene rings is 2. The van der Waals surface area contributed by atoms with Gasteiger partial charge in [-0.1, -0.05) is 31.9 Å². The molecule has 0 aliphatic carbocycles. The summed E-state index contributed by atoms with van der Waals surface area (Å²) in [4.78, 5) is 12.4. The number of hydrogen-bond donors (Lipinski definition) is 1. The minimum atomic E-state index is -0.0322.